The lowest BCUT2D eigenvalue weighted by Gasteiger charge is -2.34. The molecule has 1 aromatic rings. The van der Waals surface area contributed by atoms with Gasteiger partial charge in [-0.2, -0.15) is 0 Å². The normalized spacial score (nSPS) is 23.7. The van der Waals surface area contributed by atoms with E-state index in [1.165, 1.54) is 25.7 Å². The molecular weight excluding hydrogens is 258 g/mol. The number of hydrogen-bond acceptors (Lipinski definition) is 3. The highest BCUT2D eigenvalue weighted by Gasteiger charge is 2.23. The summed E-state index contributed by atoms with van der Waals surface area (Å²) in [5.41, 5.74) is 0. The standard InChI is InChI=1S/C15H24ClN3/c1-10(2)15-17-13(16)9-14(18-15)19(4)12-7-5-11(3)6-8-12/h9-12H,5-8H2,1-4H3. The molecule has 3 nitrogen and oxygen atoms in total. The molecule has 106 valence electrons. The molecule has 1 aromatic heterocycles. The summed E-state index contributed by atoms with van der Waals surface area (Å²) in [6.07, 6.45) is 5.11. The first-order chi connectivity index (χ1) is 8.97. The summed E-state index contributed by atoms with van der Waals surface area (Å²) in [7, 11) is 2.13. The van der Waals surface area contributed by atoms with Crippen molar-refractivity contribution < 1.29 is 0 Å². The van der Waals surface area contributed by atoms with Crippen LogP contribution in [0, 0.1) is 5.92 Å². The Bertz CT molecular complexity index is 425. The van der Waals surface area contributed by atoms with Crippen LogP contribution in [0.3, 0.4) is 0 Å². The highest BCUT2D eigenvalue weighted by atomic mass is 35.5. The smallest absolute Gasteiger partial charge is 0.135 e. The summed E-state index contributed by atoms with van der Waals surface area (Å²) in [6.45, 7) is 6.53. The zero-order valence-corrected chi connectivity index (χ0v) is 13.1. The van der Waals surface area contributed by atoms with Crippen LogP contribution in [0.1, 0.15) is 58.2 Å². The fourth-order valence-electron chi connectivity index (χ4n) is 2.68. The highest BCUT2D eigenvalue weighted by Crippen LogP contribution is 2.29. The minimum atomic E-state index is 0.303. The summed E-state index contributed by atoms with van der Waals surface area (Å²) in [5, 5.41) is 0.546. The Labute approximate surface area is 121 Å². The van der Waals surface area contributed by atoms with Crippen LogP contribution >= 0.6 is 11.6 Å². The number of nitrogens with zero attached hydrogens (tertiary/aromatic N) is 3. The average molecular weight is 282 g/mol. The second kappa shape index (κ2) is 6.08. The average Bonchev–Trinajstić information content (AvgIpc) is 2.38. The molecule has 0 spiro atoms. The van der Waals surface area contributed by atoms with Crippen LogP contribution in [-0.4, -0.2) is 23.1 Å². The van der Waals surface area contributed by atoms with Crippen molar-refractivity contribution in [1.29, 1.82) is 0 Å². The van der Waals surface area contributed by atoms with Crippen molar-refractivity contribution in [3.8, 4) is 0 Å². The third-order valence-corrected chi connectivity index (χ3v) is 4.30. The van der Waals surface area contributed by atoms with E-state index in [-0.39, 0.29) is 0 Å². The Morgan fingerprint density at radius 3 is 2.42 bits per heavy atom. The quantitative estimate of drug-likeness (QED) is 0.775. The largest absolute Gasteiger partial charge is 0.357 e. The summed E-state index contributed by atoms with van der Waals surface area (Å²) >= 11 is 6.12. The topological polar surface area (TPSA) is 29.0 Å². The lowest BCUT2D eigenvalue weighted by atomic mass is 9.87. The molecule has 0 radical (unpaired) electrons. The molecule has 4 heteroatoms. The maximum absolute atomic E-state index is 6.12. The molecule has 0 atom stereocenters. The molecule has 1 saturated carbocycles. The SMILES string of the molecule is CC1CCC(N(C)c2cc(Cl)nc(C(C)C)n2)CC1. The second-order valence-corrected chi connectivity index (χ2v) is 6.47. The molecule has 0 aromatic carbocycles. The lowest BCUT2D eigenvalue weighted by Crippen LogP contribution is -2.35. The van der Waals surface area contributed by atoms with Crippen LogP contribution < -0.4 is 4.90 Å². The summed E-state index contributed by atoms with van der Waals surface area (Å²) < 4.78 is 0. The fourth-order valence-corrected chi connectivity index (χ4v) is 2.86. The minimum absolute atomic E-state index is 0.303. The Kier molecular flexibility index (Phi) is 4.67. The minimum Gasteiger partial charge on any atom is -0.357 e. The van der Waals surface area contributed by atoms with Crippen molar-refractivity contribution in [3.63, 3.8) is 0 Å². The fraction of sp³-hybridized carbons (Fsp3) is 0.733. The van der Waals surface area contributed by atoms with E-state index in [1.807, 2.05) is 6.07 Å². The van der Waals surface area contributed by atoms with Gasteiger partial charge in [0, 0.05) is 25.1 Å². The molecule has 1 fully saturated rings. The van der Waals surface area contributed by atoms with Gasteiger partial charge in [0.25, 0.3) is 0 Å². The zero-order valence-electron chi connectivity index (χ0n) is 12.4. The van der Waals surface area contributed by atoms with E-state index in [0.29, 0.717) is 17.1 Å². The molecule has 0 aliphatic heterocycles. The number of halogens is 1. The molecule has 0 amide bonds. The Morgan fingerprint density at radius 2 is 1.84 bits per heavy atom. The molecule has 2 rings (SSSR count). The summed E-state index contributed by atoms with van der Waals surface area (Å²) in [6, 6.07) is 2.47. The van der Waals surface area contributed by atoms with E-state index in [0.717, 1.165) is 17.6 Å². The van der Waals surface area contributed by atoms with Gasteiger partial charge in [-0.3, -0.25) is 0 Å². The van der Waals surface area contributed by atoms with Gasteiger partial charge in [-0.1, -0.05) is 32.4 Å². The van der Waals surface area contributed by atoms with Gasteiger partial charge in [-0.05, 0) is 31.6 Å². The van der Waals surface area contributed by atoms with E-state index in [2.05, 4.69) is 42.7 Å². The molecule has 0 saturated heterocycles. The summed E-state index contributed by atoms with van der Waals surface area (Å²) in [4.78, 5) is 11.2. The van der Waals surface area contributed by atoms with Crippen molar-refractivity contribution in [1.82, 2.24) is 9.97 Å². The Hall–Kier alpha value is -0.830. The summed E-state index contributed by atoms with van der Waals surface area (Å²) in [5.74, 6) is 2.96. The van der Waals surface area contributed by atoms with Crippen LogP contribution in [0.4, 0.5) is 5.82 Å². The maximum Gasteiger partial charge on any atom is 0.135 e. The number of rotatable bonds is 3. The number of aromatic nitrogens is 2. The monoisotopic (exact) mass is 281 g/mol. The van der Waals surface area contributed by atoms with Gasteiger partial charge in [0.1, 0.15) is 16.8 Å². The highest BCUT2D eigenvalue weighted by molar-refractivity contribution is 6.29. The Balaban J connectivity index is 2.16. The second-order valence-electron chi connectivity index (χ2n) is 6.09. The van der Waals surface area contributed by atoms with Crippen molar-refractivity contribution in [3.05, 3.63) is 17.0 Å². The molecular formula is C15H24ClN3. The molecule has 0 N–H and O–H groups in total. The maximum atomic E-state index is 6.12. The van der Waals surface area contributed by atoms with E-state index >= 15 is 0 Å². The lowest BCUT2D eigenvalue weighted by molar-refractivity contribution is 0.340. The van der Waals surface area contributed by atoms with Crippen molar-refractivity contribution in [2.75, 3.05) is 11.9 Å². The van der Waals surface area contributed by atoms with E-state index < -0.39 is 0 Å². The first-order valence-electron chi connectivity index (χ1n) is 7.24. The molecule has 0 bridgehead atoms. The van der Waals surface area contributed by atoms with Gasteiger partial charge in [-0.15, -0.1) is 0 Å². The van der Waals surface area contributed by atoms with E-state index in [1.54, 1.807) is 0 Å². The van der Waals surface area contributed by atoms with Gasteiger partial charge >= 0.3 is 0 Å². The molecule has 1 aliphatic carbocycles. The van der Waals surface area contributed by atoms with E-state index in [4.69, 9.17) is 11.6 Å². The van der Waals surface area contributed by atoms with Crippen LogP contribution in [0.2, 0.25) is 5.15 Å². The number of anilines is 1. The van der Waals surface area contributed by atoms with Crippen LogP contribution in [0.5, 0.6) is 0 Å². The predicted molar refractivity (Wildman–Crippen MR) is 81.0 cm³/mol. The third-order valence-electron chi connectivity index (χ3n) is 4.11. The van der Waals surface area contributed by atoms with Gasteiger partial charge < -0.3 is 4.90 Å². The van der Waals surface area contributed by atoms with Gasteiger partial charge in [-0.25, -0.2) is 9.97 Å². The van der Waals surface area contributed by atoms with Crippen LogP contribution in [-0.2, 0) is 0 Å². The predicted octanol–water partition coefficient (Wildman–Crippen LogP) is 4.27. The van der Waals surface area contributed by atoms with Crippen molar-refractivity contribution in [2.24, 2.45) is 5.92 Å². The van der Waals surface area contributed by atoms with Crippen molar-refractivity contribution >= 4 is 17.4 Å². The van der Waals surface area contributed by atoms with E-state index in [9.17, 15) is 0 Å². The van der Waals surface area contributed by atoms with Gasteiger partial charge in [0.2, 0.25) is 0 Å². The van der Waals surface area contributed by atoms with Gasteiger partial charge in [0.15, 0.2) is 0 Å². The van der Waals surface area contributed by atoms with Gasteiger partial charge in [0.05, 0.1) is 0 Å². The first-order valence-corrected chi connectivity index (χ1v) is 7.62. The molecule has 1 aliphatic rings. The van der Waals surface area contributed by atoms with Crippen LogP contribution in [0.25, 0.3) is 0 Å². The first kappa shape index (κ1) is 14.6. The molecule has 1 heterocycles. The third kappa shape index (κ3) is 3.59. The molecule has 19 heavy (non-hydrogen) atoms. The van der Waals surface area contributed by atoms with Crippen molar-refractivity contribution in [2.45, 2.75) is 58.4 Å². The van der Waals surface area contributed by atoms with Crippen LogP contribution in [0.15, 0.2) is 6.07 Å². The zero-order chi connectivity index (χ0) is 14.0. The molecule has 0 unspecified atom stereocenters. The number of hydrogen-bond donors (Lipinski definition) is 0. The Morgan fingerprint density at radius 1 is 1.21 bits per heavy atom.